The molecule has 6 rings (SSSR count). The average Bonchev–Trinajstić information content (AvgIpc) is 3.19. The van der Waals surface area contributed by atoms with Crippen LogP contribution in [0.25, 0.3) is 10.9 Å². The molecular formula is C44H56N2O7. The van der Waals surface area contributed by atoms with E-state index < -0.39 is 17.7 Å². The van der Waals surface area contributed by atoms with E-state index in [1.54, 1.807) is 12.1 Å². The van der Waals surface area contributed by atoms with E-state index in [0.29, 0.717) is 42.0 Å². The quantitative estimate of drug-likeness (QED) is 0.0638. The van der Waals surface area contributed by atoms with Crippen molar-refractivity contribution in [3.8, 4) is 11.5 Å². The Hall–Kier alpha value is -4.18. The number of piperidine rings is 1. The van der Waals surface area contributed by atoms with E-state index in [9.17, 15) is 24.9 Å². The number of rotatable bonds is 17. The molecule has 3 aromatic carbocycles. The summed E-state index contributed by atoms with van der Waals surface area (Å²) in [6.07, 6.45) is 11.8. The van der Waals surface area contributed by atoms with Gasteiger partial charge in [0.25, 0.3) is 0 Å². The molecule has 4 N–H and O–H groups in total. The first-order valence-corrected chi connectivity index (χ1v) is 19.7. The number of likely N-dealkylation sites (tertiary alicyclic amines) is 1. The van der Waals surface area contributed by atoms with Crippen LogP contribution < -0.4 is 10.3 Å². The van der Waals surface area contributed by atoms with Crippen LogP contribution in [0.1, 0.15) is 106 Å². The third-order valence-electron chi connectivity index (χ3n) is 11.4. The minimum Gasteiger partial charge on any atom is -0.506 e. The zero-order chi connectivity index (χ0) is 37.0. The van der Waals surface area contributed by atoms with E-state index >= 15 is 0 Å². The van der Waals surface area contributed by atoms with Crippen LogP contribution in [0, 0.1) is 11.8 Å². The van der Waals surface area contributed by atoms with Gasteiger partial charge in [0.1, 0.15) is 11.5 Å². The third-order valence-corrected chi connectivity index (χ3v) is 11.4. The topological polar surface area (TPSA) is 132 Å². The number of phenols is 1. The number of aromatic amines is 1. The lowest BCUT2D eigenvalue weighted by molar-refractivity contribution is -0.177. The molecule has 1 saturated heterocycles. The van der Waals surface area contributed by atoms with Gasteiger partial charge in [-0.25, -0.2) is 4.79 Å². The number of aliphatic hydroxyl groups excluding tert-OH is 1. The van der Waals surface area contributed by atoms with Gasteiger partial charge in [-0.05, 0) is 98.5 Å². The Morgan fingerprint density at radius 3 is 2.32 bits per heavy atom. The van der Waals surface area contributed by atoms with Crippen molar-refractivity contribution in [2.24, 2.45) is 11.8 Å². The zero-order valence-electron chi connectivity index (χ0n) is 30.9. The Morgan fingerprint density at radius 1 is 0.849 bits per heavy atom. The van der Waals surface area contributed by atoms with Gasteiger partial charge in [0.15, 0.2) is 5.60 Å². The average molecular weight is 725 g/mol. The highest BCUT2D eigenvalue weighted by Crippen LogP contribution is 2.40. The Kier molecular flexibility index (Phi) is 13.6. The minimum absolute atomic E-state index is 0.00155. The molecule has 0 spiro atoms. The number of esters is 1. The Morgan fingerprint density at radius 2 is 1.57 bits per heavy atom. The van der Waals surface area contributed by atoms with Gasteiger partial charge in [-0.3, -0.25) is 9.69 Å². The summed E-state index contributed by atoms with van der Waals surface area (Å²) in [7, 11) is 0. The largest absolute Gasteiger partial charge is 0.506 e. The van der Waals surface area contributed by atoms with E-state index in [-0.39, 0.29) is 17.2 Å². The van der Waals surface area contributed by atoms with E-state index in [1.807, 2.05) is 42.5 Å². The zero-order valence-corrected chi connectivity index (χ0v) is 30.9. The van der Waals surface area contributed by atoms with E-state index in [2.05, 4.69) is 22.0 Å². The molecule has 1 aromatic heterocycles. The van der Waals surface area contributed by atoms with Crippen LogP contribution in [0.3, 0.4) is 0 Å². The van der Waals surface area contributed by atoms with Crippen LogP contribution in [0.4, 0.5) is 0 Å². The number of aromatic hydroxyl groups is 1. The number of unbranched alkanes of at least 4 members (excludes halogenated alkanes) is 4. The summed E-state index contributed by atoms with van der Waals surface area (Å²) in [5.74, 6) is 0.579. The number of fused-ring (bicyclic) bond motifs is 1. The number of aromatic nitrogens is 1. The van der Waals surface area contributed by atoms with Crippen molar-refractivity contribution >= 4 is 16.9 Å². The summed E-state index contributed by atoms with van der Waals surface area (Å²) in [6, 6.07) is 24.0. The van der Waals surface area contributed by atoms with Crippen molar-refractivity contribution in [2.45, 2.75) is 102 Å². The fourth-order valence-corrected chi connectivity index (χ4v) is 8.16. The second-order valence-electron chi connectivity index (χ2n) is 15.1. The first kappa shape index (κ1) is 38.5. The van der Waals surface area contributed by atoms with Gasteiger partial charge in [0, 0.05) is 23.9 Å². The number of nitrogens with zero attached hydrogens (tertiary/aromatic N) is 1. The van der Waals surface area contributed by atoms with Gasteiger partial charge in [0.05, 0.1) is 24.8 Å². The van der Waals surface area contributed by atoms with Crippen LogP contribution in [0.2, 0.25) is 0 Å². The van der Waals surface area contributed by atoms with Crippen LogP contribution in [0.5, 0.6) is 11.5 Å². The first-order valence-electron chi connectivity index (χ1n) is 19.7. The number of pyridine rings is 1. The number of ether oxygens (including phenoxy) is 2. The summed E-state index contributed by atoms with van der Waals surface area (Å²) in [4.78, 5) is 30.2. The van der Waals surface area contributed by atoms with Crippen LogP contribution in [-0.2, 0) is 21.7 Å². The summed E-state index contributed by atoms with van der Waals surface area (Å²) < 4.78 is 11.9. The monoisotopic (exact) mass is 724 g/mol. The van der Waals surface area contributed by atoms with Crippen molar-refractivity contribution in [3.05, 3.63) is 106 Å². The number of hydrogen-bond donors (Lipinski definition) is 4. The van der Waals surface area contributed by atoms with Crippen molar-refractivity contribution in [3.63, 3.8) is 0 Å². The maximum atomic E-state index is 13.5. The molecular weight excluding hydrogens is 668 g/mol. The molecule has 2 heterocycles. The fourth-order valence-electron chi connectivity index (χ4n) is 8.16. The Balaban J connectivity index is 0.843. The molecule has 2 aliphatic rings. The number of hydrogen-bond acceptors (Lipinski definition) is 8. The Bertz CT molecular complexity index is 1800. The number of carbonyl (C=O) groups excluding carboxylic acids is 1. The molecule has 2 atom stereocenters. The molecule has 53 heavy (non-hydrogen) atoms. The van der Waals surface area contributed by atoms with E-state index in [0.717, 1.165) is 108 Å². The molecule has 0 bridgehead atoms. The molecule has 9 heteroatoms. The third kappa shape index (κ3) is 10.1. The van der Waals surface area contributed by atoms with Crippen molar-refractivity contribution < 1.29 is 29.6 Å². The molecule has 1 aliphatic carbocycles. The number of carbonyl (C=O) groups is 1. The molecule has 4 aromatic rings. The van der Waals surface area contributed by atoms with E-state index in [1.165, 1.54) is 17.7 Å². The van der Waals surface area contributed by atoms with Gasteiger partial charge in [-0.15, -0.1) is 0 Å². The SMILES string of the molecule is O=C(OCC1CCN(Cc2ccc(OCCCCCCC[C@H](O)c3ccc(O)c4[nH]c(=O)ccc34)cc2)CC1)C(O)(c1ccccc1)C1CCCCC1. The first-order chi connectivity index (χ1) is 25.8. The van der Waals surface area contributed by atoms with Crippen molar-refractivity contribution in [1.29, 1.82) is 0 Å². The molecule has 284 valence electrons. The van der Waals surface area contributed by atoms with Crippen LogP contribution in [0.15, 0.2) is 83.7 Å². The van der Waals surface area contributed by atoms with Gasteiger partial charge in [0.2, 0.25) is 5.56 Å². The lowest BCUT2D eigenvalue weighted by Gasteiger charge is -2.37. The fraction of sp³-hybridized carbons (Fsp3) is 0.500. The maximum Gasteiger partial charge on any atom is 0.343 e. The minimum atomic E-state index is -1.58. The lowest BCUT2D eigenvalue weighted by atomic mass is 9.73. The molecule has 1 unspecified atom stereocenters. The summed E-state index contributed by atoms with van der Waals surface area (Å²) in [5.41, 5.74) is 1.11. The number of H-pyrrole nitrogens is 1. The van der Waals surface area contributed by atoms with E-state index in [4.69, 9.17) is 9.47 Å². The number of nitrogens with one attached hydrogen (secondary N) is 1. The highest BCUT2D eigenvalue weighted by Gasteiger charge is 2.47. The number of benzene rings is 3. The molecule has 1 aliphatic heterocycles. The predicted octanol–water partition coefficient (Wildman–Crippen LogP) is 7.91. The normalized spacial score (nSPS) is 17.7. The summed E-state index contributed by atoms with van der Waals surface area (Å²) in [6.45, 7) is 3.79. The second kappa shape index (κ2) is 18.7. The number of aliphatic hydroxyl groups is 2. The van der Waals surface area contributed by atoms with Crippen molar-refractivity contribution in [2.75, 3.05) is 26.3 Å². The second-order valence-corrected chi connectivity index (χ2v) is 15.1. The van der Waals surface area contributed by atoms with Crippen LogP contribution >= 0.6 is 0 Å². The molecule has 1 saturated carbocycles. The molecule has 2 fully saturated rings. The highest BCUT2D eigenvalue weighted by molar-refractivity contribution is 5.87. The van der Waals surface area contributed by atoms with Gasteiger partial charge >= 0.3 is 5.97 Å². The lowest BCUT2D eigenvalue weighted by Crippen LogP contribution is -2.46. The predicted molar refractivity (Wildman–Crippen MR) is 207 cm³/mol. The van der Waals surface area contributed by atoms with Crippen molar-refractivity contribution in [1.82, 2.24) is 9.88 Å². The molecule has 0 amide bonds. The van der Waals surface area contributed by atoms with Gasteiger partial charge < -0.3 is 29.8 Å². The van der Waals surface area contributed by atoms with Gasteiger partial charge in [-0.2, -0.15) is 0 Å². The summed E-state index contributed by atoms with van der Waals surface area (Å²) in [5, 5.41) is 33.3. The highest BCUT2D eigenvalue weighted by atomic mass is 16.5. The summed E-state index contributed by atoms with van der Waals surface area (Å²) >= 11 is 0. The maximum absolute atomic E-state index is 13.5. The number of phenolic OH excluding ortho intramolecular Hbond substituents is 1. The molecule has 9 nitrogen and oxygen atoms in total. The van der Waals surface area contributed by atoms with Crippen LogP contribution in [-0.4, -0.2) is 57.5 Å². The standard InChI is InChI=1S/C44H56N2O7/c47-39(37-21-23-40(48)42-38(37)22-24-41(49)45-42)16-10-2-1-3-11-29-52-36-19-17-32(18-20-36)30-46-27-25-33(26-28-46)31-53-43(50)44(51,34-12-6-4-7-13-34)35-14-8-5-9-15-35/h4,6-7,12-13,17-24,33,35,39,47-48,51H,1-3,5,8-11,14-16,25-31H2,(H,45,49)/t39-,44?/m0/s1. The molecule has 0 radical (unpaired) electrons. The Labute approximate surface area is 313 Å². The van der Waals surface area contributed by atoms with Gasteiger partial charge in [-0.1, -0.05) is 93.5 Å². The smallest absolute Gasteiger partial charge is 0.343 e.